The van der Waals surface area contributed by atoms with Gasteiger partial charge >= 0.3 is 0 Å². The zero-order valence-electron chi connectivity index (χ0n) is 15.6. The van der Waals surface area contributed by atoms with Gasteiger partial charge in [0.25, 0.3) is 5.56 Å². The summed E-state index contributed by atoms with van der Waals surface area (Å²) in [5, 5.41) is 0. The van der Waals surface area contributed by atoms with Crippen LogP contribution in [0.1, 0.15) is 56.9 Å². The lowest BCUT2D eigenvalue weighted by atomic mass is 10.0. The largest absolute Gasteiger partial charge is 0.306 e. The maximum atomic E-state index is 12.6. The van der Waals surface area contributed by atoms with Crippen molar-refractivity contribution in [2.45, 2.75) is 65.5 Å². The number of hydrogen-bond acceptors (Lipinski definition) is 3. The number of aromatic nitrogens is 2. The predicted octanol–water partition coefficient (Wildman–Crippen LogP) is 3.94. The van der Waals surface area contributed by atoms with E-state index in [1.165, 1.54) is 12.0 Å². The van der Waals surface area contributed by atoms with Crippen molar-refractivity contribution in [1.29, 1.82) is 0 Å². The maximum Gasteiger partial charge on any atom is 0.254 e. The number of rotatable bonds is 5. The van der Waals surface area contributed by atoms with Crippen LogP contribution >= 0.6 is 0 Å². The van der Waals surface area contributed by atoms with Gasteiger partial charge in [0.05, 0.1) is 5.69 Å². The Balaban J connectivity index is 2.01. The number of fused-ring (bicyclic) bond motifs is 1. The standard InChI is InChI=1S/C21H29N3O/c1-4-24(15(2)3)14-16-10-8-9-11-17(16)20-22-19-13-7-5-6-12-18(19)21(25)23-20/h8-11,15H,4-7,12-14H2,1-3H3,(H,22,23,25). The van der Waals surface area contributed by atoms with Crippen molar-refractivity contribution >= 4 is 0 Å². The summed E-state index contributed by atoms with van der Waals surface area (Å²) in [5.74, 6) is 0.723. The zero-order valence-corrected chi connectivity index (χ0v) is 15.6. The Labute approximate surface area is 150 Å². The van der Waals surface area contributed by atoms with Crippen LogP contribution in [0.2, 0.25) is 0 Å². The highest BCUT2D eigenvalue weighted by molar-refractivity contribution is 5.60. The number of hydrogen-bond donors (Lipinski definition) is 1. The summed E-state index contributed by atoms with van der Waals surface area (Å²) in [6.45, 7) is 8.49. The van der Waals surface area contributed by atoms with E-state index in [1.807, 2.05) is 6.07 Å². The molecule has 1 N–H and O–H groups in total. The average molecular weight is 339 g/mol. The summed E-state index contributed by atoms with van der Waals surface area (Å²) in [7, 11) is 0. The molecule has 1 aromatic heterocycles. The molecule has 1 heterocycles. The third-order valence-corrected chi connectivity index (χ3v) is 5.22. The number of aryl methyl sites for hydroxylation is 1. The molecule has 0 amide bonds. The highest BCUT2D eigenvalue weighted by atomic mass is 16.1. The molecule has 1 aliphatic carbocycles. The van der Waals surface area contributed by atoms with Crippen molar-refractivity contribution in [2.75, 3.05) is 6.54 Å². The summed E-state index contributed by atoms with van der Waals surface area (Å²) >= 11 is 0. The molecule has 134 valence electrons. The quantitative estimate of drug-likeness (QED) is 0.840. The SMILES string of the molecule is CCN(Cc1ccccc1-c1nc2c(c(=O)[nH]1)CCCCC2)C(C)C. The molecule has 0 saturated heterocycles. The van der Waals surface area contributed by atoms with Gasteiger partial charge in [-0.1, -0.05) is 37.6 Å². The fourth-order valence-corrected chi connectivity index (χ4v) is 3.68. The van der Waals surface area contributed by atoms with Gasteiger partial charge in [-0.2, -0.15) is 0 Å². The minimum Gasteiger partial charge on any atom is -0.306 e. The number of aromatic amines is 1. The minimum absolute atomic E-state index is 0.0490. The van der Waals surface area contributed by atoms with E-state index in [2.05, 4.69) is 48.9 Å². The first-order valence-electron chi connectivity index (χ1n) is 9.54. The molecule has 0 fully saturated rings. The highest BCUT2D eigenvalue weighted by Gasteiger charge is 2.17. The molecule has 0 unspecified atom stereocenters. The van der Waals surface area contributed by atoms with Gasteiger partial charge in [-0.05, 0) is 51.6 Å². The lowest BCUT2D eigenvalue weighted by Gasteiger charge is -2.25. The van der Waals surface area contributed by atoms with Crippen LogP contribution in [0.3, 0.4) is 0 Å². The molecule has 0 bridgehead atoms. The number of nitrogens with one attached hydrogen (secondary N) is 1. The van der Waals surface area contributed by atoms with E-state index < -0.39 is 0 Å². The Kier molecular flexibility index (Phi) is 5.69. The first kappa shape index (κ1) is 17.9. The Hall–Kier alpha value is -1.94. The molecule has 1 aliphatic rings. The minimum atomic E-state index is 0.0490. The molecule has 0 spiro atoms. The number of nitrogens with zero attached hydrogens (tertiary/aromatic N) is 2. The van der Waals surface area contributed by atoms with Gasteiger partial charge in [0.1, 0.15) is 5.82 Å². The van der Waals surface area contributed by atoms with Crippen LogP contribution in [-0.2, 0) is 19.4 Å². The summed E-state index contributed by atoms with van der Waals surface area (Å²) in [6, 6.07) is 8.79. The van der Waals surface area contributed by atoms with Crippen molar-refractivity contribution in [3.63, 3.8) is 0 Å². The smallest absolute Gasteiger partial charge is 0.254 e. The van der Waals surface area contributed by atoms with Gasteiger partial charge in [0.2, 0.25) is 0 Å². The first-order chi connectivity index (χ1) is 12.1. The van der Waals surface area contributed by atoms with Crippen LogP contribution in [0.4, 0.5) is 0 Å². The molecule has 3 rings (SSSR count). The van der Waals surface area contributed by atoms with Crippen molar-refractivity contribution in [3.05, 3.63) is 51.4 Å². The molecule has 25 heavy (non-hydrogen) atoms. The van der Waals surface area contributed by atoms with Crippen LogP contribution in [-0.4, -0.2) is 27.5 Å². The molecule has 0 radical (unpaired) electrons. The summed E-state index contributed by atoms with van der Waals surface area (Å²) in [5.41, 5.74) is 4.21. The average Bonchev–Trinajstić information content (AvgIpc) is 2.85. The third kappa shape index (κ3) is 4.01. The maximum absolute atomic E-state index is 12.6. The Morgan fingerprint density at radius 3 is 2.68 bits per heavy atom. The Morgan fingerprint density at radius 2 is 1.92 bits per heavy atom. The second-order valence-corrected chi connectivity index (χ2v) is 7.21. The lowest BCUT2D eigenvalue weighted by molar-refractivity contribution is 0.225. The van der Waals surface area contributed by atoms with Crippen molar-refractivity contribution in [2.24, 2.45) is 0 Å². The lowest BCUT2D eigenvalue weighted by Crippen LogP contribution is -2.30. The molecular weight excluding hydrogens is 310 g/mol. The van der Waals surface area contributed by atoms with E-state index in [-0.39, 0.29) is 5.56 Å². The van der Waals surface area contributed by atoms with Crippen LogP contribution in [0.5, 0.6) is 0 Å². The van der Waals surface area contributed by atoms with E-state index in [9.17, 15) is 4.79 Å². The topological polar surface area (TPSA) is 49.0 Å². The van der Waals surface area contributed by atoms with E-state index >= 15 is 0 Å². The predicted molar refractivity (Wildman–Crippen MR) is 103 cm³/mol. The fourth-order valence-electron chi connectivity index (χ4n) is 3.68. The van der Waals surface area contributed by atoms with E-state index in [0.717, 1.165) is 61.4 Å². The van der Waals surface area contributed by atoms with E-state index in [1.54, 1.807) is 0 Å². The molecule has 4 nitrogen and oxygen atoms in total. The molecule has 1 aromatic carbocycles. The molecular formula is C21H29N3O. The first-order valence-corrected chi connectivity index (χ1v) is 9.54. The summed E-state index contributed by atoms with van der Waals surface area (Å²) < 4.78 is 0. The van der Waals surface area contributed by atoms with Crippen LogP contribution in [0, 0.1) is 0 Å². The van der Waals surface area contributed by atoms with Gasteiger partial charge in [0.15, 0.2) is 0 Å². The number of benzene rings is 1. The molecule has 4 heteroatoms. The second kappa shape index (κ2) is 7.96. The molecule has 0 aliphatic heterocycles. The normalized spacial score (nSPS) is 14.6. The van der Waals surface area contributed by atoms with E-state index in [0.29, 0.717) is 6.04 Å². The monoisotopic (exact) mass is 339 g/mol. The van der Waals surface area contributed by atoms with Gasteiger partial charge in [0, 0.05) is 23.7 Å². The summed E-state index contributed by atoms with van der Waals surface area (Å²) in [6.07, 6.45) is 5.18. The van der Waals surface area contributed by atoms with Gasteiger partial charge in [-0.15, -0.1) is 0 Å². The molecule has 2 aromatic rings. The van der Waals surface area contributed by atoms with Gasteiger partial charge in [-0.3, -0.25) is 9.69 Å². The van der Waals surface area contributed by atoms with Crippen LogP contribution in [0.25, 0.3) is 11.4 Å². The van der Waals surface area contributed by atoms with Gasteiger partial charge in [-0.25, -0.2) is 4.98 Å². The van der Waals surface area contributed by atoms with E-state index in [4.69, 9.17) is 4.98 Å². The van der Waals surface area contributed by atoms with Gasteiger partial charge < -0.3 is 4.98 Å². The molecule has 0 atom stereocenters. The zero-order chi connectivity index (χ0) is 17.8. The highest BCUT2D eigenvalue weighted by Crippen LogP contribution is 2.24. The van der Waals surface area contributed by atoms with Crippen LogP contribution < -0.4 is 5.56 Å². The number of H-pyrrole nitrogens is 1. The van der Waals surface area contributed by atoms with Crippen molar-refractivity contribution < 1.29 is 0 Å². The fraction of sp³-hybridized carbons (Fsp3) is 0.524. The van der Waals surface area contributed by atoms with Crippen LogP contribution in [0.15, 0.2) is 29.1 Å². The van der Waals surface area contributed by atoms with Crippen molar-refractivity contribution in [3.8, 4) is 11.4 Å². The third-order valence-electron chi connectivity index (χ3n) is 5.22. The summed E-state index contributed by atoms with van der Waals surface area (Å²) in [4.78, 5) is 22.9. The Bertz CT molecular complexity index is 779. The van der Waals surface area contributed by atoms with Crippen molar-refractivity contribution in [1.82, 2.24) is 14.9 Å². The molecule has 0 saturated carbocycles. The Morgan fingerprint density at radius 1 is 1.16 bits per heavy atom. The second-order valence-electron chi connectivity index (χ2n) is 7.21.